The first-order valence-electron chi connectivity index (χ1n) is 11.3. The van der Waals surface area contributed by atoms with E-state index in [0.717, 1.165) is 47.6 Å². The molecule has 0 bridgehead atoms. The maximum atomic E-state index is 13.2. The van der Waals surface area contributed by atoms with Crippen molar-refractivity contribution in [3.8, 4) is 17.5 Å². The fourth-order valence-corrected chi connectivity index (χ4v) is 3.87. The molecule has 0 atom stereocenters. The van der Waals surface area contributed by atoms with E-state index in [1.807, 2.05) is 36.6 Å². The van der Waals surface area contributed by atoms with Crippen LogP contribution in [0, 0.1) is 25.7 Å². The maximum absolute atomic E-state index is 13.2. The number of carbonyl (C=O) groups is 1. The molecule has 1 aliphatic heterocycles. The number of aromatic nitrogens is 4. The highest BCUT2D eigenvalue weighted by Gasteiger charge is 2.38. The zero-order valence-corrected chi connectivity index (χ0v) is 20.8. The summed E-state index contributed by atoms with van der Waals surface area (Å²) in [5.41, 5.74) is 2.72. The van der Waals surface area contributed by atoms with Crippen LogP contribution < -0.4 is 21.5 Å². The van der Waals surface area contributed by atoms with E-state index in [9.17, 15) is 22.8 Å². The predicted octanol–water partition coefficient (Wildman–Crippen LogP) is 1.57. The number of halogens is 3. The van der Waals surface area contributed by atoms with E-state index in [2.05, 4.69) is 22.1 Å². The van der Waals surface area contributed by atoms with Gasteiger partial charge in [0.15, 0.2) is 11.2 Å². The first kappa shape index (κ1) is 27.5. The zero-order chi connectivity index (χ0) is 27.5. The Morgan fingerprint density at radius 1 is 1.19 bits per heavy atom. The van der Waals surface area contributed by atoms with Gasteiger partial charge in [-0.1, -0.05) is 18.1 Å². The van der Waals surface area contributed by atoms with Gasteiger partial charge in [0.05, 0.1) is 12.2 Å². The molecule has 2 N–H and O–H groups in total. The average Bonchev–Trinajstić information content (AvgIpc) is 3.23. The van der Waals surface area contributed by atoms with Crippen molar-refractivity contribution < 1.29 is 23.1 Å². The molecule has 0 aliphatic carbocycles. The van der Waals surface area contributed by atoms with E-state index >= 15 is 0 Å². The molecule has 0 unspecified atom stereocenters. The van der Waals surface area contributed by atoms with E-state index in [4.69, 9.17) is 14.9 Å². The molecular formula is C24H27F3N6O4. The number of anilines is 1. The Labute approximate surface area is 209 Å². The standard InChI is InChI=1S/C22H26N6O2.C2HF3O2/c1-5-6-11-27-18-19(24-21(27)26-12-9-23-10-13-26)28(22(30)25(4)20(18)29)17-14-15(2)7-8-16(17)3;3-2(4,5)1(6)7/h7-8,14,23H,9-13H2,1-4H3;(H,6,7). The summed E-state index contributed by atoms with van der Waals surface area (Å²) in [6.07, 6.45) is -5.08. The summed E-state index contributed by atoms with van der Waals surface area (Å²) in [6.45, 7) is 9.27. The Hall–Kier alpha value is -4.05. The van der Waals surface area contributed by atoms with Crippen LogP contribution in [0.1, 0.15) is 18.1 Å². The van der Waals surface area contributed by atoms with Gasteiger partial charge in [0.25, 0.3) is 5.56 Å². The van der Waals surface area contributed by atoms with Crippen LogP contribution in [-0.2, 0) is 18.4 Å². The second kappa shape index (κ2) is 10.9. The fourth-order valence-electron chi connectivity index (χ4n) is 3.87. The van der Waals surface area contributed by atoms with Crippen LogP contribution in [0.5, 0.6) is 0 Å². The van der Waals surface area contributed by atoms with Gasteiger partial charge in [-0.2, -0.15) is 18.2 Å². The van der Waals surface area contributed by atoms with E-state index in [1.54, 1.807) is 11.5 Å². The highest BCUT2D eigenvalue weighted by atomic mass is 19.4. The molecule has 0 amide bonds. The monoisotopic (exact) mass is 520 g/mol. The molecule has 2 aromatic heterocycles. The van der Waals surface area contributed by atoms with Crippen LogP contribution in [0.15, 0.2) is 27.8 Å². The summed E-state index contributed by atoms with van der Waals surface area (Å²) in [5, 5.41) is 10.5. The van der Waals surface area contributed by atoms with Crippen LogP contribution in [0.3, 0.4) is 0 Å². The number of hydrogen-bond donors (Lipinski definition) is 2. The third-order valence-corrected chi connectivity index (χ3v) is 5.79. The van der Waals surface area contributed by atoms with Crippen molar-refractivity contribution in [2.24, 2.45) is 7.05 Å². The number of alkyl halides is 3. The van der Waals surface area contributed by atoms with Crippen molar-refractivity contribution in [1.29, 1.82) is 0 Å². The van der Waals surface area contributed by atoms with Crippen molar-refractivity contribution in [3.63, 3.8) is 0 Å². The van der Waals surface area contributed by atoms with Crippen LogP contribution in [0.4, 0.5) is 19.1 Å². The lowest BCUT2D eigenvalue weighted by Crippen LogP contribution is -2.44. The van der Waals surface area contributed by atoms with Gasteiger partial charge in [-0.15, -0.1) is 5.92 Å². The molecule has 1 aliphatic rings. The summed E-state index contributed by atoms with van der Waals surface area (Å²) in [4.78, 5) is 42.3. The molecule has 3 aromatic rings. The van der Waals surface area contributed by atoms with Gasteiger partial charge < -0.3 is 15.3 Å². The third kappa shape index (κ3) is 5.69. The number of benzene rings is 1. The van der Waals surface area contributed by atoms with Crippen molar-refractivity contribution in [3.05, 3.63) is 50.2 Å². The van der Waals surface area contributed by atoms with Crippen molar-refractivity contribution in [2.75, 3.05) is 31.1 Å². The lowest BCUT2D eigenvalue weighted by molar-refractivity contribution is -0.192. The highest BCUT2D eigenvalue weighted by molar-refractivity contribution is 5.77. The molecule has 0 spiro atoms. The molecule has 0 saturated carbocycles. The number of carboxylic acid groups (broad SMARTS) is 1. The number of imidazole rings is 1. The number of carboxylic acids is 1. The number of nitrogens with zero attached hydrogens (tertiary/aromatic N) is 5. The Morgan fingerprint density at radius 2 is 1.81 bits per heavy atom. The summed E-state index contributed by atoms with van der Waals surface area (Å²) >= 11 is 0. The van der Waals surface area contributed by atoms with E-state index in [0.29, 0.717) is 23.7 Å². The van der Waals surface area contributed by atoms with Crippen molar-refractivity contribution in [1.82, 2.24) is 24.0 Å². The van der Waals surface area contributed by atoms with Gasteiger partial charge in [-0.25, -0.2) is 14.2 Å². The fraction of sp³-hybridized carbons (Fsp3) is 0.417. The molecule has 1 fully saturated rings. The SMILES string of the molecule is CC#CCn1c(N2CCNCC2)nc2c1c(=O)n(C)c(=O)n2-c1cc(C)ccc1C.O=C(O)C(F)(F)F. The number of aliphatic carboxylic acids is 1. The molecule has 1 saturated heterocycles. The quantitative estimate of drug-likeness (QED) is 0.504. The van der Waals surface area contributed by atoms with Crippen LogP contribution in [0.25, 0.3) is 16.9 Å². The predicted molar refractivity (Wildman–Crippen MR) is 132 cm³/mol. The lowest BCUT2D eigenvalue weighted by atomic mass is 10.1. The summed E-state index contributed by atoms with van der Waals surface area (Å²) < 4.78 is 36.3. The van der Waals surface area contributed by atoms with Crippen LogP contribution >= 0.6 is 0 Å². The topological polar surface area (TPSA) is 114 Å². The van der Waals surface area contributed by atoms with Gasteiger partial charge in [-0.05, 0) is 38.0 Å². The Bertz CT molecular complexity index is 1500. The first-order chi connectivity index (χ1) is 17.4. The van der Waals surface area contributed by atoms with E-state index < -0.39 is 17.8 Å². The van der Waals surface area contributed by atoms with Crippen LogP contribution in [-0.4, -0.2) is 62.1 Å². The van der Waals surface area contributed by atoms with Gasteiger partial charge in [-0.3, -0.25) is 13.9 Å². The Morgan fingerprint density at radius 3 is 2.38 bits per heavy atom. The largest absolute Gasteiger partial charge is 0.490 e. The zero-order valence-electron chi connectivity index (χ0n) is 20.8. The molecular weight excluding hydrogens is 493 g/mol. The van der Waals surface area contributed by atoms with Gasteiger partial charge in [0, 0.05) is 33.2 Å². The second-order valence-corrected chi connectivity index (χ2v) is 8.41. The third-order valence-electron chi connectivity index (χ3n) is 5.79. The average molecular weight is 521 g/mol. The second-order valence-electron chi connectivity index (χ2n) is 8.41. The normalized spacial score (nSPS) is 13.5. The van der Waals surface area contributed by atoms with Crippen molar-refractivity contribution in [2.45, 2.75) is 33.5 Å². The summed E-state index contributed by atoms with van der Waals surface area (Å²) in [6, 6.07) is 5.94. The molecule has 198 valence electrons. The molecule has 10 nitrogen and oxygen atoms in total. The van der Waals surface area contributed by atoms with Crippen molar-refractivity contribution >= 4 is 23.1 Å². The molecule has 13 heteroatoms. The van der Waals surface area contributed by atoms with Crippen LogP contribution in [0.2, 0.25) is 0 Å². The molecule has 4 rings (SSSR count). The number of hydrogen-bond acceptors (Lipinski definition) is 6. The molecule has 3 heterocycles. The Balaban J connectivity index is 0.000000479. The minimum Gasteiger partial charge on any atom is -0.475 e. The number of nitrogens with one attached hydrogen (secondary N) is 1. The highest BCUT2D eigenvalue weighted by Crippen LogP contribution is 2.24. The first-order valence-corrected chi connectivity index (χ1v) is 11.3. The minimum atomic E-state index is -5.08. The van der Waals surface area contributed by atoms with E-state index in [-0.39, 0.29) is 5.56 Å². The van der Waals surface area contributed by atoms with Gasteiger partial charge in [0.1, 0.15) is 0 Å². The number of rotatable bonds is 3. The number of fused-ring (bicyclic) bond motifs is 1. The number of piperazine rings is 1. The summed E-state index contributed by atoms with van der Waals surface area (Å²) in [5.74, 6) is 3.88. The van der Waals surface area contributed by atoms with E-state index in [1.165, 1.54) is 7.05 Å². The molecule has 37 heavy (non-hydrogen) atoms. The Kier molecular flexibility index (Phi) is 8.12. The molecule has 1 aromatic carbocycles. The minimum absolute atomic E-state index is 0.340. The summed E-state index contributed by atoms with van der Waals surface area (Å²) in [7, 11) is 1.51. The lowest BCUT2D eigenvalue weighted by Gasteiger charge is -2.28. The van der Waals surface area contributed by atoms with Gasteiger partial charge >= 0.3 is 17.8 Å². The van der Waals surface area contributed by atoms with Gasteiger partial charge in [0.2, 0.25) is 5.95 Å². The smallest absolute Gasteiger partial charge is 0.475 e. The number of aryl methyl sites for hydroxylation is 2. The maximum Gasteiger partial charge on any atom is 0.490 e. The molecule has 0 radical (unpaired) electrons.